The SMILES string of the molecule is CNC(=O)[C@H]1[C@@H]2C(=O)N(CCCCCCO)[C@H](C(=O)Nc3ccc(OC)cc3)[C@H]2C=C[C@H]1C. The van der Waals surface area contributed by atoms with Gasteiger partial charge in [-0.05, 0) is 43.0 Å². The molecule has 33 heavy (non-hydrogen) atoms. The summed E-state index contributed by atoms with van der Waals surface area (Å²) in [6.45, 7) is 2.53. The fourth-order valence-corrected chi connectivity index (χ4v) is 5.04. The Morgan fingerprint density at radius 2 is 1.76 bits per heavy atom. The minimum atomic E-state index is -0.682. The van der Waals surface area contributed by atoms with Crippen LogP contribution >= 0.6 is 0 Å². The molecule has 3 rings (SSSR count). The van der Waals surface area contributed by atoms with Crippen LogP contribution in [0.1, 0.15) is 32.6 Å². The Balaban J connectivity index is 1.85. The molecule has 0 saturated carbocycles. The van der Waals surface area contributed by atoms with Crippen molar-refractivity contribution in [2.45, 2.75) is 38.6 Å². The molecule has 0 unspecified atom stereocenters. The molecule has 0 radical (unpaired) electrons. The molecule has 0 aromatic heterocycles. The third kappa shape index (κ3) is 5.38. The number of aliphatic hydroxyl groups excluding tert-OH is 1. The number of nitrogens with one attached hydrogen (secondary N) is 2. The van der Waals surface area contributed by atoms with Gasteiger partial charge in [-0.25, -0.2) is 0 Å². The van der Waals surface area contributed by atoms with Crippen LogP contribution in [0.15, 0.2) is 36.4 Å². The normalized spacial score (nSPS) is 26.1. The quantitative estimate of drug-likeness (QED) is 0.369. The van der Waals surface area contributed by atoms with E-state index in [0.29, 0.717) is 18.0 Å². The molecule has 0 spiro atoms. The van der Waals surface area contributed by atoms with Crippen LogP contribution in [-0.4, -0.2) is 61.1 Å². The van der Waals surface area contributed by atoms with E-state index in [0.717, 1.165) is 25.7 Å². The molecule has 3 N–H and O–H groups in total. The molecule has 1 heterocycles. The number of fused-ring (bicyclic) bond motifs is 1. The third-order valence-electron chi connectivity index (χ3n) is 6.76. The van der Waals surface area contributed by atoms with E-state index in [4.69, 9.17) is 9.84 Å². The number of amides is 3. The van der Waals surface area contributed by atoms with E-state index in [1.807, 2.05) is 19.1 Å². The van der Waals surface area contributed by atoms with Crippen molar-refractivity contribution in [1.82, 2.24) is 10.2 Å². The van der Waals surface area contributed by atoms with Crippen molar-refractivity contribution in [1.29, 1.82) is 0 Å². The molecular formula is C25H35N3O5. The molecule has 0 bridgehead atoms. The topological polar surface area (TPSA) is 108 Å². The van der Waals surface area contributed by atoms with Crippen LogP contribution < -0.4 is 15.4 Å². The van der Waals surface area contributed by atoms with Gasteiger partial charge >= 0.3 is 0 Å². The molecular weight excluding hydrogens is 422 g/mol. The lowest BCUT2D eigenvalue weighted by atomic mass is 9.70. The maximum absolute atomic E-state index is 13.6. The summed E-state index contributed by atoms with van der Waals surface area (Å²) in [4.78, 5) is 41.3. The molecule has 1 aromatic carbocycles. The lowest BCUT2D eigenvalue weighted by molar-refractivity contribution is -0.140. The van der Waals surface area contributed by atoms with Crippen LogP contribution in [0.3, 0.4) is 0 Å². The van der Waals surface area contributed by atoms with Gasteiger partial charge in [-0.15, -0.1) is 0 Å². The Hall–Kier alpha value is -2.87. The highest BCUT2D eigenvalue weighted by Crippen LogP contribution is 2.44. The molecule has 8 heteroatoms. The largest absolute Gasteiger partial charge is 0.497 e. The lowest BCUT2D eigenvalue weighted by Gasteiger charge is -2.32. The number of likely N-dealkylation sites (tertiary alicyclic amines) is 1. The van der Waals surface area contributed by atoms with E-state index < -0.39 is 17.9 Å². The number of carbonyl (C=O) groups excluding carboxylic acids is 3. The molecule has 1 aliphatic carbocycles. The van der Waals surface area contributed by atoms with Crippen molar-refractivity contribution >= 4 is 23.4 Å². The Morgan fingerprint density at radius 1 is 1.06 bits per heavy atom. The fourth-order valence-electron chi connectivity index (χ4n) is 5.04. The molecule has 2 aliphatic rings. The number of methoxy groups -OCH3 is 1. The molecule has 1 aliphatic heterocycles. The second kappa shape index (κ2) is 11.3. The summed E-state index contributed by atoms with van der Waals surface area (Å²) in [6, 6.07) is 6.37. The van der Waals surface area contributed by atoms with Gasteiger partial charge in [0.2, 0.25) is 17.7 Å². The van der Waals surface area contributed by atoms with E-state index in [1.165, 1.54) is 0 Å². The van der Waals surface area contributed by atoms with Crippen molar-refractivity contribution in [3.05, 3.63) is 36.4 Å². The summed E-state index contributed by atoms with van der Waals surface area (Å²) in [5.74, 6) is -1.41. The first-order valence-corrected chi connectivity index (χ1v) is 11.7. The first-order valence-electron chi connectivity index (χ1n) is 11.7. The number of unbranched alkanes of at least 4 members (excludes halogenated alkanes) is 3. The second-order valence-electron chi connectivity index (χ2n) is 8.82. The number of carbonyl (C=O) groups is 3. The Kier molecular flexibility index (Phi) is 8.49. The van der Waals surface area contributed by atoms with Crippen molar-refractivity contribution in [2.24, 2.45) is 23.7 Å². The summed E-state index contributed by atoms with van der Waals surface area (Å²) >= 11 is 0. The number of allylic oxidation sites excluding steroid dienone is 1. The standard InChI is InChI=1S/C25H35N3O5/c1-16-8-13-19-21(20(16)23(30)26-2)25(32)28(14-6-4-5-7-15-29)22(19)24(31)27-17-9-11-18(33-3)12-10-17/h8-13,16,19-22,29H,4-7,14-15H2,1-3H3,(H,26,30)(H,27,31)/t16-,19+,20-,21-,22+/m1/s1. The number of ether oxygens (including phenoxy) is 1. The van der Waals surface area contributed by atoms with Crippen LogP contribution in [-0.2, 0) is 14.4 Å². The van der Waals surface area contributed by atoms with Gasteiger partial charge in [-0.1, -0.05) is 31.9 Å². The van der Waals surface area contributed by atoms with Gasteiger partial charge < -0.3 is 25.4 Å². The highest BCUT2D eigenvalue weighted by Gasteiger charge is 2.56. The Morgan fingerprint density at radius 3 is 2.39 bits per heavy atom. The van der Waals surface area contributed by atoms with Gasteiger partial charge in [0.1, 0.15) is 11.8 Å². The van der Waals surface area contributed by atoms with Crippen molar-refractivity contribution in [3.8, 4) is 5.75 Å². The Labute approximate surface area is 195 Å². The zero-order valence-electron chi connectivity index (χ0n) is 19.6. The monoisotopic (exact) mass is 457 g/mol. The van der Waals surface area contributed by atoms with E-state index in [9.17, 15) is 14.4 Å². The number of hydrogen-bond donors (Lipinski definition) is 3. The number of rotatable bonds is 10. The zero-order valence-corrected chi connectivity index (χ0v) is 19.6. The van der Waals surface area contributed by atoms with Gasteiger partial charge in [0.05, 0.1) is 18.9 Å². The highest BCUT2D eigenvalue weighted by molar-refractivity contribution is 6.01. The number of nitrogens with zero attached hydrogens (tertiary/aromatic N) is 1. The molecule has 5 atom stereocenters. The van der Waals surface area contributed by atoms with Gasteiger partial charge in [0.25, 0.3) is 0 Å². The number of benzene rings is 1. The van der Waals surface area contributed by atoms with Crippen molar-refractivity contribution < 1.29 is 24.2 Å². The average Bonchev–Trinajstić information content (AvgIpc) is 3.10. The van der Waals surface area contributed by atoms with Crippen LogP contribution in [0, 0.1) is 23.7 Å². The summed E-state index contributed by atoms with van der Waals surface area (Å²) in [7, 11) is 3.16. The zero-order chi connectivity index (χ0) is 24.0. The maximum Gasteiger partial charge on any atom is 0.247 e. The predicted molar refractivity (Wildman–Crippen MR) is 126 cm³/mol. The summed E-state index contributed by atoms with van der Waals surface area (Å²) < 4.78 is 5.17. The van der Waals surface area contributed by atoms with E-state index in [-0.39, 0.29) is 36.2 Å². The minimum Gasteiger partial charge on any atom is -0.497 e. The van der Waals surface area contributed by atoms with Gasteiger partial charge in [-0.2, -0.15) is 0 Å². The molecule has 180 valence electrons. The maximum atomic E-state index is 13.6. The van der Waals surface area contributed by atoms with Crippen molar-refractivity contribution in [3.63, 3.8) is 0 Å². The number of aliphatic hydroxyl groups is 1. The molecule has 8 nitrogen and oxygen atoms in total. The van der Waals surface area contributed by atoms with Gasteiger partial charge in [0.15, 0.2) is 0 Å². The molecule has 1 aromatic rings. The Bertz CT molecular complexity index is 869. The smallest absolute Gasteiger partial charge is 0.247 e. The first-order chi connectivity index (χ1) is 15.9. The fraction of sp³-hybridized carbons (Fsp3) is 0.560. The summed E-state index contributed by atoms with van der Waals surface area (Å²) in [6.07, 6.45) is 7.08. The van der Waals surface area contributed by atoms with Crippen LogP contribution in [0.4, 0.5) is 5.69 Å². The first kappa shape index (κ1) is 24.8. The number of hydrogen-bond acceptors (Lipinski definition) is 5. The summed E-state index contributed by atoms with van der Waals surface area (Å²) in [5, 5.41) is 14.6. The number of anilines is 1. The highest BCUT2D eigenvalue weighted by atomic mass is 16.5. The summed E-state index contributed by atoms with van der Waals surface area (Å²) in [5.41, 5.74) is 0.621. The van der Waals surface area contributed by atoms with Crippen LogP contribution in [0.2, 0.25) is 0 Å². The third-order valence-corrected chi connectivity index (χ3v) is 6.76. The van der Waals surface area contributed by atoms with E-state index >= 15 is 0 Å². The lowest BCUT2D eigenvalue weighted by Crippen LogP contribution is -2.45. The van der Waals surface area contributed by atoms with Gasteiger partial charge in [0, 0.05) is 31.8 Å². The predicted octanol–water partition coefficient (Wildman–Crippen LogP) is 2.20. The van der Waals surface area contributed by atoms with Crippen LogP contribution in [0.25, 0.3) is 0 Å². The van der Waals surface area contributed by atoms with Crippen molar-refractivity contribution in [2.75, 3.05) is 32.6 Å². The van der Waals surface area contributed by atoms with E-state index in [1.54, 1.807) is 43.3 Å². The molecule has 3 amide bonds. The molecule has 1 fully saturated rings. The van der Waals surface area contributed by atoms with Crippen LogP contribution in [0.5, 0.6) is 5.75 Å². The average molecular weight is 458 g/mol. The second-order valence-corrected chi connectivity index (χ2v) is 8.82. The minimum absolute atomic E-state index is 0.0926. The van der Waals surface area contributed by atoms with E-state index in [2.05, 4.69) is 10.6 Å². The van der Waals surface area contributed by atoms with Gasteiger partial charge in [-0.3, -0.25) is 14.4 Å². The molecule has 1 saturated heterocycles.